The number of allylic oxidation sites excluding steroid dienone is 1. The van der Waals surface area contributed by atoms with Crippen LogP contribution >= 0.6 is 0 Å². The van der Waals surface area contributed by atoms with Crippen molar-refractivity contribution in [2.24, 2.45) is 5.10 Å². The Morgan fingerprint density at radius 1 is 1.14 bits per heavy atom. The molecule has 0 spiro atoms. The number of carbonyl (C=O) groups excluding carboxylic acids is 1. The molecule has 22 heavy (non-hydrogen) atoms. The van der Waals surface area contributed by atoms with E-state index in [1.54, 1.807) is 19.4 Å². The molecular formula is C18H18N2O2. The quantitative estimate of drug-likeness (QED) is 0.657. The van der Waals surface area contributed by atoms with E-state index in [-0.39, 0.29) is 12.3 Å². The zero-order valence-electron chi connectivity index (χ0n) is 12.4. The molecule has 4 heteroatoms. The van der Waals surface area contributed by atoms with Crippen LogP contribution in [0.4, 0.5) is 0 Å². The van der Waals surface area contributed by atoms with Gasteiger partial charge in [-0.05, 0) is 29.3 Å². The van der Waals surface area contributed by atoms with E-state index in [4.69, 9.17) is 4.74 Å². The van der Waals surface area contributed by atoms with Crippen LogP contribution in [0.3, 0.4) is 0 Å². The van der Waals surface area contributed by atoms with Gasteiger partial charge in [-0.2, -0.15) is 5.10 Å². The second kappa shape index (κ2) is 8.42. The largest absolute Gasteiger partial charge is 0.497 e. The molecule has 2 aromatic carbocycles. The van der Waals surface area contributed by atoms with Gasteiger partial charge in [-0.3, -0.25) is 4.79 Å². The predicted octanol–water partition coefficient (Wildman–Crippen LogP) is 3.05. The van der Waals surface area contributed by atoms with Gasteiger partial charge in [-0.1, -0.05) is 48.5 Å². The van der Waals surface area contributed by atoms with E-state index in [0.29, 0.717) is 0 Å². The topological polar surface area (TPSA) is 50.7 Å². The zero-order valence-corrected chi connectivity index (χ0v) is 12.4. The summed E-state index contributed by atoms with van der Waals surface area (Å²) in [5.74, 6) is 0.614. The summed E-state index contributed by atoms with van der Waals surface area (Å²) in [5.41, 5.74) is 4.49. The Hall–Kier alpha value is -2.88. The van der Waals surface area contributed by atoms with Crippen LogP contribution in [0.25, 0.3) is 6.08 Å². The number of methoxy groups -OCH3 is 1. The molecule has 0 saturated heterocycles. The first-order valence-corrected chi connectivity index (χ1v) is 6.94. The van der Waals surface area contributed by atoms with E-state index in [2.05, 4.69) is 10.5 Å². The van der Waals surface area contributed by atoms with Crippen LogP contribution < -0.4 is 10.2 Å². The predicted molar refractivity (Wildman–Crippen MR) is 88.8 cm³/mol. The Morgan fingerprint density at radius 2 is 1.86 bits per heavy atom. The fourth-order valence-electron chi connectivity index (χ4n) is 1.84. The van der Waals surface area contributed by atoms with E-state index in [1.807, 2.05) is 60.7 Å². The number of amides is 1. The van der Waals surface area contributed by atoms with Crippen LogP contribution in [0.15, 0.2) is 65.8 Å². The molecular weight excluding hydrogens is 276 g/mol. The van der Waals surface area contributed by atoms with Gasteiger partial charge in [0, 0.05) is 6.21 Å². The summed E-state index contributed by atoms with van der Waals surface area (Å²) in [4.78, 5) is 11.7. The smallest absolute Gasteiger partial charge is 0.244 e. The van der Waals surface area contributed by atoms with Crippen molar-refractivity contribution in [2.75, 3.05) is 7.11 Å². The van der Waals surface area contributed by atoms with Crippen molar-refractivity contribution in [3.63, 3.8) is 0 Å². The van der Waals surface area contributed by atoms with Gasteiger partial charge in [-0.15, -0.1) is 0 Å². The molecule has 1 N–H and O–H groups in total. The third-order valence-electron chi connectivity index (χ3n) is 2.96. The fraction of sp³-hybridized carbons (Fsp3) is 0.111. The lowest BCUT2D eigenvalue weighted by atomic mass is 10.1. The molecule has 0 heterocycles. The van der Waals surface area contributed by atoms with Crippen LogP contribution in [0, 0.1) is 0 Å². The molecule has 2 rings (SSSR count). The minimum absolute atomic E-state index is 0.158. The van der Waals surface area contributed by atoms with Crippen LogP contribution in [0.2, 0.25) is 0 Å². The van der Waals surface area contributed by atoms with Crippen molar-refractivity contribution in [1.82, 2.24) is 5.43 Å². The van der Waals surface area contributed by atoms with Gasteiger partial charge >= 0.3 is 0 Å². The molecule has 0 atom stereocenters. The minimum Gasteiger partial charge on any atom is -0.497 e. The molecule has 4 nitrogen and oxygen atoms in total. The van der Waals surface area contributed by atoms with Crippen LogP contribution in [0.1, 0.15) is 11.1 Å². The van der Waals surface area contributed by atoms with E-state index in [0.717, 1.165) is 16.9 Å². The highest BCUT2D eigenvalue weighted by molar-refractivity contribution is 5.82. The zero-order chi connectivity index (χ0) is 15.6. The molecule has 0 radical (unpaired) electrons. The second-order valence-electron chi connectivity index (χ2n) is 4.61. The van der Waals surface area contributed by atoms with Crippen molar-refractivity contribution in [3.05, 3.63) is 71.8 Å². The number of hydrazone groups is 1. The van der Waals surface area contributed by atoms with Crippen molar-refractivity contribution in [1.29, 1.82) is 0 Å². The normalized spacial score (nSPS) is 11.0. The molecule has 0 aromatic heterocycles. The van der Waals surface area contributed by atoms with Crippen LogP contribution in [-0.4, -0.2) is 19.2 Å². The maximum atomic E-state index is 11.7. The number of nitrogens with zero attached hydrogens (tertiary/aromatic N) is 1. The summed E-state index contributed by atoms with van der Waals surface area (Å²) in [6.07, 6.45) is 5.53. The third-order valence-corrected chi connectivity index (χ3v) is 2.96. The average molecular weight is 294 g/mol. The van der Waals surface area contributed by atoms with Crippen molar-refractivity contribution in [3.8, 4) is 5.75 Å². The maximum Gasteiger partial charge on any atom is 0.244 e. The highest BCUT2D eigenvalue weighted by Gasteiger charge is 2.01. The summed E-state index contributed by atoms with van der Waals surface area (Å²) in [7, 11) is 1.61. The van der Waals surface area contributed by atoms with Crippen molar-refractivity contribution >= 4 is 18.2 Å². The maximum absolute atomic E-state index is 11.7. The molecule has 2 aromatic rings. The Bertz CT molecular complexity index is 647. The lowest BCUT2D eigenvalue weighted by Crippen LogP contribution is -2.19. The molecule has 0 unspecified atom stereocenters. The van der Waals surface area contributed by atoms with Gasteiger partial charge in [0.25, 0.3) is 0 Å². The van der Waals surface area contributed by atoms with E-state index >= 15 is 0 Å². The molecule has 0 aliphatic rings. The number of hydrogen-bond acceptors (Lipinski definition) is 3. The van der Waals surface area contributed by atoms with E-state index in [9.17, 15) is 4.79 Å². The number of rotatable bonds is 6. The minimum atomic E-state index is -0.158. The van der Waals surface area contributed by atoms with Gasteiger partial charge in [0.2, 0.25) is 5.91 Å². The molecule has 0 fully saturated rings. The summed E-state index contributed by atoms with van der Waals surface area (Å²) in [6, 6.07) is 17.3. The first-order valence-electron chi connectivity index (χ1n) is 6.94. The molecule has 0 aliphatic heterocycles. The molecule has 0 bridgehead atoms. The van der Waals surface area contributed by atoms with Crippen molar-refractivity contribution in [2.45, 2.75) is 6.42 Å². The van der Waals surface area contributed by atoms with Crippen LogP contribution in [-0.2, 0) is 11.2 Å². The second-order valence-corrected chi connectivity index (χ2v) is 4.61. The number of hydrogen-bond donors (Lipinski definition) is 1. The highest BCUT2D eigenvalue weighted by Crippen LogP contribution is 2.11. The van der Waals surface area contributed by atoms with Crippen molar-refractivity contribution < 1.29 is 9.53 Å². The van der Waals surface area contributed by atoms with Gasteiger partial charge in [0.05, 0.1) is 13.5 Å². The van der Waals surface area contributed by atoms with Gasteiger partial charge in [0.1, 0.15) is 5.75 Å². The van der Waals surface area contributed by atoms with Gasteiger partial charge in [-0.25, -0.2) is 5.43 Å². The van der Waals surface area contributed by atoms with E-state index < -0.39 is 0 Å². The lowest BCUT2D eigenvalue weighted by Gasteiger charge is -2.02. The Kier molecular flexibility index (Phi) is 5.93. The Balaban J connectivity index is 1.77. The lowest BCUT2D eigenvalue weighted by molar-refractivity contribution is -0.120. The monoisotopic (exact) mass is 294 g/mol. The summed E-state index contributed by atoms with van der Waals surface area (Å²) in [5, 5.41) is 3.88. The molecule has 0 saturated carbocycles. The molecule has 0 aliphatic carbocycles. The summed E-state index contributed by atoms with van der Waals surface area (Å²) >= 11 is 0. The van der Waals surface area contributed by atoms with Crippen LogP contribution in [0.5, 0.6) is 5.75 Å². The first-order chi connectivity index (χ1) is 10.8. The highest BCUT2D eigenvalue weighted by atomic mass is 16.5. The Morgan fingerprint density at radius 3 is 2.55 bits per heavy atom. The molecule has 112 valence electrons. The first kappa shape index (κ1) is 15.5. The fourth-order valence-corrected chi connectivity index (χ4v) is 1.84. The number of ether oxygens (including phenoxy) is 1. The average Bonchev–Trinajstić information content (AvgIpc) is 2.56. The summed E-state index contributed by atoms with van der Waals surface area (Å²) in [6.45, 7) is 0. The number of nitrogens with one attached hydrogen (secondary N) is 1. The van der Waals surface area contributed by atoms with E-state index in [1.165, 1.54) is 0 Å². The van der Waals surface area contributed by atoms with Gasteiger partial charge in [0.15, 0.2) is 0 Å². The SMILES string of the molecule is COc1ccc(CC(=O)NN=CC=Cc2ccccc2)cc1. The number of carbonyl (C=O) groups is 1. The number of benzene rings is 2. The summed E-state index contributed by atoms with van der Waals surface area (Å²) < 4.78 is 5.07. The van der Waals surface area contributed by atoms with Gasteiger partial charge < -0.3 is 4.74 Å². The molecule has 1 amide bonds. The Labute approximate surface area is 130 Å². The third kappa shape index (κ3) is 5.25. The standard InChI is InChI=1S/C18H18N2O2/c1-22-17-11-9-16(10-12-17)14-18(21)20-19-13-5-8-15-6-3-2-4-7-15/h2-13H,14H2,1H3,(H,20,21).